The van der Waals surface area contributed by atoms with E-state index in [1.54, 1.807) is 18.5 Å². The minimum Gasteiger partial charge on any atom is -0.374 e. The molecule has 0 saturated carbocycles. The molecule has 2 saturated heterocycles. The molecule has 0 N–H and O–H groups in total. The fourth-order valence-electron chi connectivity index (χ4n) is 3.69. The van der Waals surface area contributed by atoms with Gasteiger partial charge < -0.3 is 9.47 Å². The van der Waals surface area contributed by atoms with Gasteiger partial charge in [-0.15, -0.1) is 0 Å². The van der Waals surface area contributed by atoms with Crippen molar-refractivity contribution >= 4 is 16.6 Å². The van der Waals surface area contributed by atoms with Crippen molar-refractivity contribution in [1.29, 1.82) is 0 Å². The number of hydrogen-bond acceptors (Lipinski definition) is 7. The van der Waals surface area contributed by atoms with Crippen LogP contribution in [0.4, 0.5) is 10.1 Å². The molecule has 5 rings (SSSR count). The Morgan fingerprint density at radius 2 is 2.21 bits per heavy atom. The van der Waals surface area contributed by atoms with E-state index in [1.165, 1.54) is 15.6 Å². The molecule has 2 aliphatic rings. The number of pyridine rings is 1. The highest BCUT2D eigenvalue weighted by Crippen LogP contribution is 2.33. The Balaban J connectivity index is 1.54. The van der Waals surface area contributed by atoms with E-state index in [0.29, 0.717) is 17.8 Å². The summed E-state index contributed by atoms with van der Waals surface area (Å²) in [7, 11) is 0. The Hall–Kier alpha value is -2.92. The van der Waals surface area contributed by atoms with Gasteiger partial charge in [-0.2, -0.15) is 10.2 Å². The maximum absolute atomic E-state index is 14.5. The normalized spacial score (nSPS) is 21.2. The van der Waals surface area contributed by atoms with Crippen molar-refractivity contribution in [1.82, 2.24) is 24.5 Å². The number of rotatable bonds is 5. The summed E-state index contributed by atoms with van der Waals surface area (Å²) in [4.78, 5) is 15.5. The van der Waals surface area contributed by atoms with Crippen LogP contribution in [0.3, 0.4) is 0 Å². The van der Waals surface area contributed by atoms with Crippen LogP contribution in [0.15, 0.2) is 24.7 Å². The Bertz CT molecular complexity index is 1070. The predicted octanol–water partition coefficient (Wildman–Crippen LogP) is 2.64. The average Bonchev–Trinajstić information content (AvgIpc) is 3.32. The van der Waals surface area contributed by atoms with E-state index in [0.717, 1.165) is 24.6 Å². The lowest BCUT2D eigenvalue weighted by atomic mass is 10.1. The van der Waals surface area contributed by atoms with E-state index in [1.807, 2.05) is 0 Å². The zero-order chi connectivity index (χ0) is 20.0. The number of nitrogens with zero attached hydrogens (tertiary/aromatic N) is 6. The third-order valence-corrected chi connectivity index (χ3v) is 5.28. The van der Waals surface area contributed by atoms with Gasteiger partial charge in [-0.05, 0) is 25.3 Å². The first-order valence-electron chi connectivity index (χ1n) is 9.46. The second-order valence-corrected chi connectivity index (χ2v) is 7.50. The molecule has 1 atom stereocenters. The van der Waals surface area contributed by atoms with Gasteiger partial charge in [-0.1, -0.05) is 0 Å². The highest BCUT2D eigenvalue weighted by Gasteiger charge is 2.40. The average molecular weight is 402 g/mol. The van der Waals surface area contributed by atoms with Crippen LogP contribution in [0.2, 0.25) is 0 Å². The summed E-state index contributed by atoms with van der Waals surface area (Å²) in [6.45, 7) is 0.714. The van der Waals surface area contributed by atoms with Crippen LogP contribution >= 0.6 is 0 Å². The van der Waals surface area contributed by atoms with Gasteiger partial charge in [0, 0.05) is 18.2 Å². The van der Waals surface area contributed by atoms with Crippen molar-refractivity contribution in [3.8, 4) is 11.4 Å². The number of fused-ring (bicyclic) bond motifs is 1. The first kappa shape index (κ1) is 18.1. The summed E-state index contributed by atoms with van der Waals surface area (Å²) in [6.07, 6.45) is 6.92. The van der Waals surface area contributed by atoms with E-state index in [9.17, 15) is 14.5 Å². The number of aromatic nitrogens is 5. The number of alkyl halides is 1. The van der Waals surface area contributed by atoms with Gasteiger partial charge in [0.25, 0.3) is 0 Å². The minimum atomic E-state index is -1.45. The molecule has 11 heteroatoms. The van der Waals surface area contributed by atoms with Gasteiger partial charge in [0.1, 0.15) is 12.4 Å². The molecule has 152 valence electrons. The fraction of sp³-hybridized carbons (Fsp3) is 0.500. The maximum atomic E-state index is 14.5. The summed E-state index contributed by atoms with van der Waals surface area (Å²) in [5.41, 5.74) is -0.476. The Kier molecular flexibility index (Phi) is 4.28. The maximum Gasteiger partial charge on any atom is 0.316 e. The van der Waals surface area contributed by atoms with Gasteiger partial charge in [-0.3, -0.25) is 19.8 Å². The molecule has 0 amide bonds. The summed E-state index contributed by atoms with van der Waals surface area (Å²) in [5, 5.41) is 21.0. The molecular weight excluding hydrogens is 383 g/mol. The molecule has 1 unspecified atom stereocenters. The van der Waals surface area contributed by atoms with Crippen LogP contribution in [0.5, 0.6) is 0 Å². The van der Waals surface area contributed by atoms with Crippen molar-refractivity contribution in [2.75, 3.05) is 19.8 Å². The summed E-state index contributed by atoms with van der Waals surface area (Å²) in [6, 6.07) is 1.66. The number of hydrogen-bond donors (Lipinski definition) is 0. The van der Waals surface area contributed by atoms with Crippen molar-refractivity contribution in [2.45, 2.75) is 37.7 Å². The number of ether oxygens (including phenoxy) is 2. The zero-order valence-corrected chi connectivity index (χ0v) is 15.5. The molecule has 0 aromatic carbocycles. The molecule has 3 aromatic rings. The molecule has 29 heavy (non-hydrogen) atoms. The summed E-state index contributed by atoms with van der Waals surface area (Å²) in [5.74, 6) is 0. The van der Waals surface area contributed by atoms with E-state index in [4.69, 9.17) is 9.47 Å². The Morgan fingerprint density at radius 1 is 1.34 bits per heavy atom. The lowest BCUT2D eigenvalue weighted by molar-refractivity contribution is -0.384. The zero-order valence-electron chi connectivity index (χ0n) is 15.5. The van der Waals surface area contributed by atoms with E-state index < -0.39 is 10.6 Å². The Labute approximate surface area is 164 Å². The van der Waals surface area contributed by atoms with Crippen molar-refractivity contribution in [3.05, 3.63) is 34.8 Å². The van der Waals surface area contributed by atoms with Gasteiger partial charge in [0.2, 0.25) is 0 Å². The molecule has 0 radical (unpaired) electrons. The second kappa shape index (κ2) is 6.85. The molecule has 3 aromatic heterocycles. The standard InChI is InChI=1S/C18H19FN6O4/c19-18(10-28-11-18)9-24-14-5-13(20-6-12(14)7-21-24)17-15(25(26)27)8-23(22-17)16-3-1-2-4-29-16/h5-8,16H,1-4,9-11H2. The molecule has 2 aliphatic heterocycles. The minimum absolute atomic E-state index is 0.0313. The Morgan fingerprint density at radius 3 is 2.90 bits per heavy atom. The monoisotopic (exact) mass is 402 g/mol. The van der Waals surface area contributed by atoms with Gasteiger partial charge in [0.15, 0.2) is 11.4 Å². The highest BCUT2D eigenvalue weighted by molar-refractivity contribution is 5.82. The number of halogens is 1. The lowest BCUT2D eigenvalue weighted by Crippen LogP contribution is -2.48. The van der Waals surface area contributed by atoms with E-state index in [-0.39, 0.29) is 37.4 Å². The predicted molar refractivity (Wildman–Crippen MR) is 98.9 cm³/mol. The smallest absolute Gasteiger partial charge is 0.316 e. The van der Waals surface area contributed by atoms with Crippen LogP contribution in [-0.2, 0) is 16.0 Å². The molecule has 0 spiro atoms. The first-order chi connectivity index (χ1) is 14.0. The van der Waals surface area contributed by atoms with E-state index in [2.05, 4.69) is 15.2 Å². The van der Waals surface area contributed by atoms with E-state index >= 15 is 0 Å². The summed E-state index contributed by atoms with van der Waals surface area (Å²) >= 11 is 0. The van der Waals surface area contributed by atoms with Crippen LogP contribution < -0.4 is 0 Å². The lowest BCUT2D eigenvalue weighted by Gasteiger charge is -2.33. The molecular formula is C18H19FN6O4. The molecule has 2 fully saturated rings. The van der Waals surface area contributed by atoms with Crippen LogP contribution in [-0.4, -0.2) is 55.0 Å². The van der Waals surface area contributed by atoms with Gasteiger partial charge >= 0.3 is 5.69 Å². The third-order valence-electron chi connectivity index (χ3n) is 5.28. The van der Waals surface area contributed by atoms with Crippen molar-refractivity contribution in [3.63, 3.8) is 0 Å². The largest absolute Gasteiger partial charge is 0.374 e. The number of nitro groups is 1. The summed E-state index contributed by atoms with van der Waals surface area (Å²) < 4.78 is 28.2. The first-order valence-corrected chi connectivity index (χ1v) is 9.46. The quantitative estimate of drug-likeness (QED) is 0.476. The topological polar surface area (TPSA) is 110 Å². The molecule has 0 aliphatic carbocycles. The van der Waals surface area contributed by atoms with Crippen LogP contribution in [0.25, 0.3) is 22.3 Å². The SMILES string of the molecule is O=[N+]([O-])c1cn(C2CCCCO2)nc1-c1cc2c(cn1)cnn2CC1(F)COC1. The fourth-order valence-corrected chi connectivity index (χ4v) is 3.69. The van der Waals surface area contributed by atoms with Crippen LogP contribution in [0.1, 0.15) is 25.5 Å². The van der Waals surface area contributed by atoms with Crippen molar-refractivity contribution < 1.29 is 18.8 Å². The highest BCUT2D eigenvalue weighted by atomic mass is 19.1. The van der Waals surface area contributed by atoms with Crippen molar-refractivity contribution in [2.24, 2.45) is 0 Å². The van der Waals surface area contributed by atoms with Gasteiger partial charge in [-0.25, -0.2) is 9.07 Å². The molecule has 10 nitrogen and oxygen atoms in total. The third kappa shape index (κ3) is 3.25. The van der Waals surface area contributed by atoms with Crippen LogP contribution in [0, 0.1) is 10.1 Å². The molecule has 5 heterocycles. The molecule has 0 bridgehead atoms. The second-order valence-electron chi connectivity index (χ2n) is 7.50. The van der Waals surface area contributed by atoms with Gasteiger partial charge in [0.05, 0.1) is 42.1 Å².